The normalized spacial score (nSPS) is 15.7. The van der Waals surface area contributed by atoms with Crippen LogP contribution in [-0.4, -0.2) is 51.1 Å². The van der Waals surface area contributed by atoms with E-state index in [4.69, 9.17) is 4.74 Å². The topological polar surface area (TPSA) is 149 Å². The van der Waals surface area contributed by atoms with E-state index in [1.807, 2.05) is 19.1 Å². The fraction of sp³-hybridized carbons (Fsp3) is 0.286. The Balaban J connectivity index is 1.28. The Morgan fingerprint density at radius 3 is 2.38 bits per heavy atom. The van der Waals surface area contributed by atoms with Crippen LogP contribution in [0.25, 0.3) is 11.3 Å². The molecule has 2 aliphatic carbocycles. The van der Waals surface area contributed by atoms with Gasteiger partial charge in [-0.3, -0.25) is 29.5 Å². The number of nitrogens with zero attached hydrogens (tertiary/aromatic N) is 5. The summed E-state index contributed by atoms with van der Waals surface area (Å²) in [7, 11) is -3.48. The van der Waals surface area contributed by atoms with Crippen molar-refractivity contribution >= 4 is 27.3 Å². The molecule has 3 aromatic heterocycles. The van der Waals surface area contributed by atoms with Gasteiger partial charge in [0.05, 0.1) is 52.7 Å². The number of benzene rings is 1. The maximum atomic E-state index is 14.0. The first-order valence-corrected chi connectivity index (χ1v) is 14.5. The summed E-state index contributed by atoms with van der Waals surface area (Å²) in [6.45, 7) is 2.37. The lowest BCUT2D eigenvalue weighted by molar-refractivity contribution is -0.121. The van der Waals surface area contributed by atoms with Crippen LogP contribution in [0.1, 0.15) is 36.8 Å². The van der Waals surface area contributed by atoms with Crippen molar-refractivity contribution in [3.63, 3.8) is 0 Å². The molecule has 0 radical (unpaired) electrons. The van der Waals surface area contributed by atoms with E-state index in [-0.39, 0.29) is 24.0 Å². The molecule has 3 heterocycles. The number of rotatable bonds is 9. The summed E-state index contributed by atoms with van der Waals surface area (Å²) in [4.78, 5) is 36.1. The lowest BCUT2D eigenvalue weighted by Gasteiger charge is -2.27. The van der Waals surface area contributed by atoms with Gasteiger partial charge < -0.3 is 10.1 Å². The van der Waals surface area contributed by atoms with E-state index >= 15 is 0 Å². The first kappa shape index (κ1) is 25.8. The van der Waals surface area contributed by atoms with Crippen LogP contribution < -0.4 is 14.8 Å². The summed E-state index contributed by atoms with van der Waals surface area (Å²) in [6, 6.07) is 10.5. The number of hydrogen-bond donors (Lipinski definition) is 2. The first-order chi connectivity index (χ1) is 19.4. The molecule has 0 spiro atoms. The standard InChI is InChI=1S/C28H27N7O4S/c1-2-39-26-17-29-16-24(34-26)18-3-5-19(6-4-18)33-27(36)28(14-22-23(15-28)31-12-11-30-22)25-13-20(9-10-32-25)35-40(37,38)21-7-8-21/h3-6,9-13,16-17,21H,2,7-8,14-15H2,1H3,(H,32,35)(H,33,36). The van der Waals surface area contributed by atoms with Crippen LogP contribution in [0.3, 0.4) is 0 Å². The molecule has 2 N–H and O–H groups in total. The highest BCUT2D eigenvalue weighted by atomic mass is 32.2. The molecular formula is C28H27N7O4S. The third kappa shape index (κ3) is 5.09. The molecule has 4 aromatic rings. The lowest BCUT2D eigenvalue weighted by Crippen LogP contribution is -2.42. The van der Waals surface area contributed by atoms with E-state index in [2.05, 4.69) is 35.0 Å². The van der Waals surface area contributed by atoms with Crippen molar-refractivity contribution in [3.8, 4) is 17.1 Å². The molecule has 0 bridgehead atoms. The first-order valence-electron chi connectivity index (χ1n) is 13.0. The number of nitrogens with one attached hydrogen (secondary N) is 2. The van der Waals surface area contributed by atoms with Gasteiger partial charge in [-0.25, -0.2) is 13.4 Å². The number of hydrogen-bond acceptors (Lipinski definition) is 9. The fourth-order valence-electron chi connectivity index (χ4n) is 4.84. The van der Waals surface area contributed by atoms with Crippen LogP contribution in [0.15, 0.2) is 67.4 Å². The van der Waals surface area contributed by atoms with Crippen molar-refractivity contribution in [3.05, 3.63) is 84.5 Å². The molecular weight excluding hydrogens is 530 g/mol. The number of carbonyl (C=O) groups is 1. The van der Waals surface area contributed by atoms with Crippen molar-refractivity contribution in [2.24, 2.45) is 0 Å². The highest BCUT2D eigenvalue weighted by Crippen LogP contribution is 2.40. The molecule has 6 rings (SSSR count). The van der Waals surface area contributed by atoms with E-state index < -0.39 is 15.4 Å². The number of sulfonamides is 1. The predicted octanol–water partition coefficient (Wildman–Crippen LogP) is 3.31. The molecule has 0 aliphatic heterocycles. The Hall–Kier alpha value is -4.45. The van der Waals surface area contributed by atoms with Crippen molar-refractivity contribution in [1.82, 2.24) is 24.9 Å². The van der Waals surface area contributed by atoms with Gasteiger partial charge in [0.1, 0.15) is 5.41 Å². The summed E-state index contributed by atoms with van der Waals surface area (Å²) in [6.07, 6.45) is 9.79. The third-order valence-electron chi connectivity index (χ3n) is 7.05. The van der Waals surface area contributed by atoms with E-state index in [0.29, 0.717) is 59.5 Å². The second kappa shape index (κ2) is 10.3. The largest absolute Gasteiger partial charge is 0.477 e. The van der Waals surface area contributed by atoms with Gasteiger partial charge in [-0.05, 0) is 44.0 Å². The molecule has 1 saturated carbocycles. The zero-order valence-electron chi connectivity index (χ0n) is 21.7. The number of aromatic nitrogens is 5. The molecule has 0 unspecified atom stereocenters. The van der Waals surface area contributed by atoms with Gasteiger partial charge in [-0.1, -0.05) is 12.1 Å². The number of anilines is 2. The lowest BCUT2D eigenvalue weighted by atomic mass is 9.80. The molecule has 40 heavy (non-hydrogen) atoms. The van der Waals surface area contributed by atoms with Crippen molar-refractivity contribution < 1.29 is 17.9 Å². The number of amides is 1. The van der Waals surface area contributed by atoms with Crippen LogP contribution >= 0.6 is 0 Å². The molecule has 0 atom stereocenters. The summed E-state index contributed by atoms with van der Waals surface area (Å²) >= 11 is 0. The quantitative estimate of drug-likeness (QED) is 0.316. The minimum Gasteiger partial charge on any atom is -0.477 e. The van der Waals surface area contributed by atoms with E-state index in [1.165, 1.54) is 6.20 Å². The van der Waals surface area contributed by atoms with Crippen molar-refractivity contribution in [1.29, 1.82) is 0 Å². The second-order valence-corrected chi connectivity index (χ2v) is 11.8. The zero-order chi connectivity index (χ0) is 27.7. The Labute approximate surface area is 231 Å². The maximum Gasteiger partial charge on any atom is 0.237 e. The zero-order valence-corrected chi connectivity index (χ0v) is 22.6. The monoisotopic (exact) mass is 557 g/mol. The highest BCUT2D eigenvalue weighted by molar-refractivity contribution is 7.93. The smallest absolute Gasteiger partial charge is 0.237 e. The Bertz CT molecular complexity index is 1650. The second-order valence-electron chi connectivity index (χ2n) is 9.87. The number of fused-ring (bicyclic) bond motifs is 1. The molecule has 0 saturated heterocycles. The van der Waals surface area contributed by atoms with Gasteiger partial charge in [0.2, 0.25) is 21.8 Å². The van der Waals surface area contributed by atoms with Crippen molar-refractivity contribution in [2.75, 3.05) is 16.6 Å². The van der Waals surface area contributed by atoms with Crippen LogP contribution in [0.2, 0.25) is 0 Å². The van der Waals surface area contributed by atoms with Gasteiger partial charge in [0.15, 0.2) is 0 Å². The van der Waals surface area contributed by atoms with Gasteiger partial charge in [0.25, 0.3) is 0 Å². The summed E-state index contributed by atoms with van der Waals surface area (Å²) in [5.74, 6) is 0.157. The molecule has 12 heteroatoms. The average molecular weight is 558 g/mol. The van der Waals surface area contributed by atoms with E-state index in [1.54, 1.807) is 49.1 Å². The Morgan fingerprint density at radius 2 is 1.70 bits per heavy atom. The fourth-order valence-corrected chi connectivity index (χ4v) is 6.22. The van der Waals surface area contributed by atoms with Crippen LogP contribution in [0, 0.1) is 0 Å². The van der Waals surface area contributed by atoms with E-state index in [9.17, 15) is 13.2 Å². The molecule has 11 nitrogen and oxygen atoms in total. The summed E-state index contributed by atoms with van der Waals surface area (Å²) in [5, 5.41) is 2.66. The van der Waals surface area contributed by atoms with Gasteiger partial charge in [-0.15, -0.1) is 0 Å². The average Bonchev–Trinajstić information content (AvgIpc) is 3.75. The Morgan fingerprint density at radius 1 is 0.975 bits per heavy atom. The van der Waals surface area contributed by atoms with E-state index in [0.717, 1.165) is 5.56 Å². The van der Waals surface area contributed by atoms with Gasteiger partial charge in [0, 0.05) is 42.7 Å². The highest BCUT2D eigenvalue weighted by Gasteiger charge is 2.48. The SMILES string of the molecule is CCOc1cncc(-c2ccc(NC(=O)C3(c4cc(NS(=O)(=O)C5CC5)ccn4)Cc4nccnc4C3)cc2)n1. The number of ether oxygens (including phenoxy) is 1. The molecule has 1 aromatic carbocycles. The van der Waals surface area contributed by atoms with Crippen LogP contribution in [0.4, 0.5) is 11.4 Å². The summed E-state index contributed by atoms with van der Waals surface area (Å²) < 4.78 is 33.2. The van der Waals surface area contributed by atoms with Gasteiger partial charge in [-0.2, -0.15) is 0 Å². The predicted molar refractivity (Wildman–Crippen MR) is 148 cm³/mol. The minimum absolute atomic E-state index is 0.283. The summed E-state index contributed by atoms with van der Waals surface area (Å²) in [5.41, 5.74) is 3.18. The van der Waals surface area contributed by atoms with Crippen molar-refractivity contribution in [2.45, 2.75) is 43.3 Å². The molecule has 1 amide bonds. The third-order valence-corrected chi connectivity index (χ3v) is 8.92. The number of carbonyl (C=O) groups excluding carboxylic acids is 1. The van der Waals surface area contributed by atoms with Crippen LogP contribution in [0.5, 0.6) is 5.88 Å². The Kier molecular flexibility index (Phi) is 6.62. The number of pyridine rings is 1. The molecule has 2 aliphatic rings. The molecule has 204 valence electrons. The maximum absolute atomic E-state index is 14.0. The van der Waals surface area contributed by atoms with Gasteiger partial charge >= 0.3 is 0 Å². The minimum atomic E-state index is -3.48. The van der Waals surface area contributed by atoms with Crippen LogP contribution in [-0.2, 0) is 33.1 Å². The molecule has 1 fully saturated rings.